The second kappa shape index (κ2) is 6.91. The number of hydrogen-bond donors (Lipinski definition) is 2. The number of nitrogens with zero attached hydrogens (tertiary/aromatic N) is 2. The number of nitrogens with one attached hydrogen (secondary N) is 2. The van der Waals surface area contributed by atoms with Gasteiger partial charge in [0.1, 0.15) is 17.5 Å². The van der Waals surface area contributed by atoms with Crippen LogP contribution in [0.15, 0.2) is 6.07 Å². The van der Waals surface area contributed by atoms with Crippen molar-refractivity contribution < 1.29 is 0 Å². The summed E-state index contributed by atoms with van der Waals surface area (Å²) in [5.41, 5.74) is 0. The Morgan fingerprint density at radius 3 is 2.35 bits per heavy atom. The van der Waals surface area contributed by atoms with Crippen LogP contribution in [0.5, 0.6) is 0 Å². The molecule has 1 heterocycles. The van der Waals surface area contributed by atoms with Gasteiger partial charge < -0.3 is 10.6 Å². The van der Waals surface area contributed by atoms with E-state index in [0.29, 0.717) is 12.0 Å². The summed E-state index contributed by atoms with van der Waals surface area (Å²) in [6.07, 6.45) is 6.52. The van der Waals surface area contributed by atoms with Crippen molar-refractivity contribution in [2.75, 3.05) is 17.7 Å². The summed E-state index contributed by atoms with van der Waals surface area (Å²) in [6, 6.07) is 2.58. The minimum Gasteiger partial charge on any atom is -0.373 e. The Hall–Kier alpha value is -1.32. The van der Waals surface area contributed by atoms with E-state index in [-0.39, 0.29) is 0 Å². The third kappa shape index (κ3) is 3.84. The van der Waals surface area contributed by atoms with Gasteiger partial charge in [0.15, 0.2) is 0 Å². The van der Waals surface area contributed by atoms with Gasteiger partial charge in [-0.15, -0.1) is 0 Å². The highest BCUT2D eigenvalue weighted by Crippen LogP contribution is 2.28. The molecular weight excluding hydrogens is 248 g/mol. The van der Waals surface area contributed by atoms with Gasteiger partial charge in [0.05, 0.1) is 0 Å². The average Bonchev–Trinajstić information content (AvgIpc) is 2.47. The first-order chi connectivity index (χ1) is 9.62. The first-order valence-electron chi connectivity index (χ1n) is 7.95. The normalized spacial score (nSPS) is 22.9. The van der Waals surface area contributed by atoms with Crippen LogP contribution in [0.3, 0.4) is 0 Å². The molecule has 2 N–H and O–H groups in total. The second-order valence-electron chi connectivity index (χ2n) is 6.17. The quantitative estimate of drug-likeness (QED) is 0.852. The topological polar surface area (TPSA) is 49.8 Å². The maximum atomic E-state index is 4.65. The van der Waals surface area contributed by atoms with Crippen LogP contribution in [0.25, 0.3) is 0 Å². The van der Waals surface area contributed by atoms with Crippen LogP contribution in [0.1, 0.15) is 64.6 Å². The molecule has 4 nitrogen and oxygen atoms in total. The van der Waals surface area contributed by atoms with Crippen LogP contribution in [0, 0.1) is 5.92 Å². The molecule has 1 aliphatic carbocycles. The predicted octanol–water partition coefficient (Wildman–Crippen LogP) is 4.02. The SMILES string of the molecule is CCC1CCC(Nc2cc(NC)nc(C(C)C)n2)CC1. The van der Waals surface area contributed by atoms with Crippen molar-refractivity contribution in [3.63, 3.8) is 0 Å². The van der Waals surface area contributed by atoms with Crippen LogP contribution < -0.4 is 10.6 Å². The molecule has 1 aliphatic rings. The first-order valence-corrected chi connectivity index (χ1v) is 7.95. The lowest BCUT2D eigenvalue weighted by Gasteiger charge is -2.29. The summed E-state index contributed by atoms with van der Waals surface area (Å²) in [6.45, 7) is 6.56. The molecule has 20 heavy (non-hydrogen) atoms. The smallest absolute Gasteiger partial charge is 0.135 e. The molecule has 0 spiro atoms. The van der Waals surface area contributed by atoms with Crippen LogP contribution in [0.2, 0.25) is 0 Å². The predicted molar refractivity (Wildman–Crippen MR) is 85.3 cm³/mol. The molecule has 0 saturated heterocycles. The Kier molecular flexibility index (Phi) is 5.21. The van der Waals surface area contributed by atoms with E-state index in [1.807, 2.05) is 13.1 Å². The lowest BCUT2D eigenvalue weighted by molar-refractivity contribution is 0.330. The summed E-state index contributed by atoms with van der Waals surface area (Å²) in [5, 5.41) is 6.73. The Morgan fingerprint density at radius 2 is 1.80 bits per heavy atom. The molecule has 0 bridgehead atoms. The van der Waals surface area contributed by atoms with Crippen LogP contribution in [0.4, 0.5) is 11.6 Å². The van der Waals surface area contributed by atoms with Gasteiger partial charge in [-0.05, 0) is 31.6 Å². The zero-order valence-corrected chi connectivity index (χ0v) is 13.2. The molecule has 0 unspecified atom stereocenters. The lowest BCUT2D eigenvalue weighted by Crippen LogP contribution is -2.26. The summed E-state index contributed by atoms with van der Waals surface area (Å²) in [5.74, 6) is 4.04. The van der Waals surface area contributed by atoms with Gasteiger partial charge in [-0.1, -0.05) is 27.2 Å². The Morgan fingerprint density at radius 1 is 1.15 bits per heavy atom. The minimum atomic E-state index is 0.347. The van der Waals surface area contributed by atoms with Gasteiger partial charge in [-0.25, -0.2) is 9.97 Å². The van der Waals surface area contributed by atoms with Crippen molar-refractivity contribution in [1.29, 1.82) is 0 Å². The summed E-state index contributed by atoms with van der Waals surface area (Å²) in [4.78, 5) is 9.16. The van der Waals surface area contributed by atoms with Crippen molar-refractivity contribution in [2.45, 2.75) is 64.8 Å². The van der Waals surface area contributed by atoms with Crippen molar-refractivity contribution in [3.05, 3.63) is 11.9 Å². The maximum Gasteiger partial charge on any atom is 0.135 e. The highest BCUT2D eigenvalue weighted by Gasteiger charge is 2.20. The zero-order chi connectivity index (χ0) is 14.5. The van der Waals surface area contributed by atoms with E-state index in [9.17, 15) is 0 Å². The summed E-state index contributed by atoms with van der Waals surface area (Å²) >= 11 is 0. The molecule has 0 radical (unpaired) electrons. The highest BCUT2D eigenvalue weighted by atomic mass is 15.1. The average molecular weight is 276 g/mol. The van der Waals surface area contributed by atoms with E-state index in [1.54, 1.807) is 0 Å². The fraction of sp³-hybridized carbons (Fsp3) is 0.750. The minimum absolute atomic E-state index is 0.347. The van der Waals surface area contributed by atoms with Gasteiger partial charge in [0.25, 0.3) is 0 Å². The Balaban J connectivity index is 2.03. The fourth-order valence-electron chi connectivity index (χ4n) is 2.85. The Labute approximate surface area is 122 Å². The molecule has 0 aromatic carbocycles. The van der Waals surface area contributed by atoms with E-state index in [1.165, 1.54) is 32.1 Å². The molecule has 1 aromatic heterocycles. The molecular formula is C16H28N4. The van der Waals surface area contributed by atoms with E-state index in [2.05, 4.69) is 41.4 Å². The molecule has 4 heteroatoms. The molecule has 2 rings (SSSR count). The molecule has 1 fully saturated rings. The van der Waals surface area contributed by atoms with Gasteiger partial charge in [-0.2, -0.15) is 0 Å². The molecule has 1 saturated carbocycles. The third-order valence-corrected chi connectivity index (χ3v) is 4.29. The first kappa shape index (κ1) is 15.1. The van der Waals surface area contributed by atoms with Crippen LogP contribution in [-0.4, -0.2) is 23.1 Å². The van der Waals surface area contributed by atoms with Gasteiger partial charge in [-0.3, -0.25) is 0 Å². The van der Waals surface area contributed by atoms with E-state index in [0.717, 1.165) is 23.4 Å². The van der Waals surface area contributed by atoms with E-state index in [4.69, 9.17) is 0 Å². The van der Waals surface area contributed by atoms with Crippen molar-refractivity contribution in [3.8, 4) is 0 Å². The number of anilines is 2. The molecule has 0 aliphatic heterocycles. The molecule has 0 atom stereocenters. The van der Waals surface area contributed by atoms with Crippen molar-refractivity contribution in [1.82, 2.24) is 9.97 Å². The Bertz CT molecular complexity index is 422. The number of aromatic nitrogens is 2. The molecule has 1 aromatic rings. The molecule has 0 amide bonds. The van der Waals surface area contributed by atoms with Crippen LogP contribution >= 0.6 is 0 Å². The van der Waals surface area contributed by atoms with Crippen molar-refractivity contribution in [2.24, 2.45) is 5.92 Å². The number of hydrogen-bond acceptors (Lipinski definition) is 4. The zero-order valence-electron chi connectivity index (χ0n) is 13.2. The number of rotatable bonds is 5. The van der Waals surface area contributed by atoms with Gasteiger partial charge in [0, 0.05) is 25.1 Å². The van der Waals surface area contributed by atoms with Crippen molar-refractivity contribution >= 4 is 11.6 Å². The van der Waals surface area contributed by atoms with E-state index < -0.39 is 0 Å². The maximum absolute atomic E-state index is 4.65. The summed E-state index contributed by atoms with van der Waals surface area (Å²) < 4.78 is 0. The van der Waals surface area contributed by atoms with E-state index >= 15 is 0 Å². The highest BCUT2D eigenvalue weighted by molar-refractivity contribution is 5.48. The standard InChI is InChI=1S/C16H28N4/c1-5-12-6-8-13(9-7-12)18-15-10-14(17-4)19-16(20-15)11(2)3/h10-13H,5-9H2,1-4H3,(H2,17,18,19,20). The summed E-state index contributed by atoms with van der Waals surface area (Å²) in [7, 11) is 1.91. The van der Waals surface area contributed by atoms with Gasteiger partial charge in [0.2, 0.25) is 0 Å². The second-order valence-corrected chi connectivity index (χ2v) is 6.17. The third-order valence-electron chi connectivity index (χ3n) is 4.29. The lowest BCUT2D eigenvalue weighted by atomic mass is 9.84. The van der Waals surface area contributed by atoms with Gasteiger partial charge >= 0.3 is 0 Å². The monoisotopic (exact) mass is 276 g/mol. The van der Waals surface area contributed by atoms with Crippen LogP contribution in [-0.2, 0) is 0 Å². The molecule has 112 valence electrons. The fourth-order valence-corrected chi connectivity index (χ4v) is 2.85. The largest absolute Gasteiger partial charge is 0.373 e.